The van der Waals surface area contributed by atoms with Gasteiger partial charge >= 0.3 is 12.1 Å². The van der Waals surface area contributed by atoms with Crippen molar-refractivity contribution >= 4 is 11.8 Å². The molecule has 3 rings (SSSR count). The number of likely N-dealkylation sites (tertiary alicyclic amines) is 1. The van der Waals surface area contributed by atoms with Crippen LogP contribution in [0.5, 0.6) is 0 Å². The lowest BCUT2D eigenvalue weighted by atomic mass is 9.74. The summed E-state index contributed by atoms with van der Waals surface area (Å²) in [5, 5.41) is 11.3. The van der Waals surface area contributed by atoms with Crippen molar-refractivity contribution in [2.24, 2.45) is 17.3 Å². The second-order valence-corrected chi connectivity index (χ2v) is 15.3. The SMILES string of the molecule is CO[C@]1(C)C[C@@H](C)CN(C)[C@@H](CCCN2CCCC2C(F)(F)F)COC(=O)C(C)(C)C(=O)[C@H](C)[C@H]1O[C@@H]1O[C@H](C)C[C@H](N(C)C)[C@H]1O. The molecule has 3 aliphatic rings. The molecule has 47 heavy (non-hydrogen) atoms. The number of cyclic esters (lactones) is 1. The monoisotopic (exact) mass is 679 g/mol. The van der Waals surface area contributed by atoms with Crippen LogP contribution >= 0.6 is 0 Å². The van der Waals surface area contributed by atoms with E-state index in [0.29, 0.717) is 51.7 Å². The van der Waals surface area contributed by atoms with Gasteiger partial charge < -0.3 is 29.0 Å². The number of rotatable bonds is 8. The van der Waals surface area contributed by atoms with E-state index in [2.05, 4.69) is 11.8 Å². The lowest BCUT2D eigenvalue weighted by molar-refractivity contribution is -0.295. The van der Waals surface area contributed by atoms with Crippen LogP contribution in [0.3, 0.4) is 0 Å². The van der Waals surface area contributed by atoms with Gasteiger partial charge in [-0.2, -0.15) is 13.2 Å². The van der Waals surface area contributed by atoms with Gasteiger partial charge in [-0.15, -0.1) is 0 Å². The van der Waals surface area contributed by atoms with Crippen molar-refractivity contribution in [1.29, 1.82) is 0 Å². The van der Waals surface area contributed by atoms with Crippen molar-refractivity contribution < 1.29 is 46.8 Å². The number of likely N-dealkylation sites (N-methyl/N-ethyl adjacent to an activating group) is 2. The van der Waals surface area contributed by atoms with Gasteiger partial charge in [-0.05, 0) is 106 Å². The van der Waals surface area contributed by atoms with E-state index in [9.17, 15) is 27.9 Å². The third kappa shape index (κ3) is 9.67. The van der Waals surface area contributed by atoms with Gasteiger partial charge in [0.1, 0.15) is 24.2 Å². The lowest BCUT2D eigenvalue weighted by Crippen LogP contribution is -2.59. The van der Waals surface area contributed by atoms with E-state index >= 15 is 0 Å². The van der Waals surface area contributed by atoms with Crippen LogP contribution in [0.1, 0.15) is 80.1 Å². The molecule has 0 radical (unpaired) electrons. The van der Waals surface area contributed by atoms with Crippen molar-refractivity contribution in [3.8, 4) is 0 Å². The predicted octanol–water partition coefficient (Wildman–Crippen LogP) is 4.12. The first kappa shape index (κ1) is 40.1. The molecule has 10 atom stereocenters. The molecule has 10 nitrogen and oxygen atoms in total. The van der Waals surface area contributed by atoms with Crippen LogP contribution < -0.4 is 0 Å². The zero-order valence-electron chi connectivity index (χ0n) is 30.1. The summed E-state index contributed by atoms with van der Waals surface area (Å²) in [6.45, 7) is 12.0. The fourth-order valence-corrected chi connectivity index (χ4v) is 7.89. The maximum absolute atomic E-state index is 14.2. The summed E-state index contributed by atoms with van der Waals surface area (Å²) in [5.41, 5.74) is -2.54. The maximum Gasteiger partial charge on any atom is 0.404 e. The molecule has 3 aliphatic heterocycles. The predicted molar refractivity (Wildman–Crippen MR) is 172 cm³/mol. The number of alkyl halides is 3. The molecule has 0 bridgehead atoms. The number of nitrogens with zero attached hydrogens (tertiary/aromatic N) is 3. The first-order valence-corrected chi connectivity index (χ1v) is 17.2. The van der Waals surface area contributed by atoms with Crippen molar-refractivity contribution in [2.75, 3.05) is 54.5 Å². The Morgan fingerprint density at radius 3 is 2.38 bits per heavy atom. The van der Waals surface area contributed by atoms with Crippen LogP contribution in [0.25, 0.3) is 0 Å². The van der Waals surface area contributed by atoms with Crippen molar-refractivity contribution in [3.05, 3.63) is 0 Å². The van der Waals surface area contributed by atoms with E-state index in [1.165, 1.54) is 18.7 Å². The Morgan fingerprint density at radius 2 is 1.79 bits per heavy atom. The third-order valence-corrected chi connectivity index (χ3v) is 10.7. The number of carbonyl (C=O) groups excluding carboxylic acids is 2. The Labute approximate surface area is 279 Å². The van der Waals surface area contributed by atoms with E-state index in [1.54, 1.807) is 14.0 Å². The first-order valence-electron chi connectivity index (χ1n) is 17.2. The van der Waals surface area contributed by atoms with E-state index in [0.717, 1.165) is 0 Å². The molecule has 1 unspecified atom stereocenters. The number of carbonyl (C=O) groups is 2. The normalized spacial score (nSPS) is 38.9. The highest BCUT2D eigenvalue weighted by Crippen LogP contribution is 2.38. The average Bonchev–Trinajstić information content (AvgIpc) is 3.46. The molecule has 0 aromatic carbocycles. The van der Waals surface area contributed by atoms with Gasteiger partial charge in [-0.25, -0.2) is 0 Å². The number of aliphatic hydroxyl groups is 1. The van der Waals surface area contributed by atoms with Crippen LogP contribution in [0.2, 0.25) is 0 Å². The van der Waals surface area contributed by atoms with E-state index in [1.807, 2.05) is 39.9 Å². The molecule has 13 heteroatoms. The molecule has 3 saturated heterocycles. The number of esters is 1. The fourth-order valence-electron chi connectivity index (χ4n) is 7.89. The highest BCUT2D eigenvalue weighted by Gasteiger charge is 2.51. The lowest BCUT2D eigenvalue weighted by Gasteiger charge is -2.47. The number of hydrogen-bond acceptors (Lipinski definition) is 10. The number of ketones is 1. The molecular weight excluding hydrogens is 619 g/mol. The maximum atomic E-state index is 14.2. The highest BCUT2D eigenvalue weighted by atomic mass is 19.4. The fraction of sp³-hybridized carbons (Fsp3) is 0.941. The molecule has 0 spiro atoms. The van der Waals surface area contributed by atoms with Crippen LogP contribution in [0.4, 0.5) is 13.2 Å². The number of Topliss-reactive ketones (excluding diaryl/α,β-unsaturated/α-hetero) is 1. The summed E-state index contributed by atoms with van der Waals surface area (Å²) in [6, 6.07) is -1.89. The number of aliphatic hydroxyl groups excluding tert-OH is 1. The Bertz CT molecular complexity index is 1050. The largest absolute Gasteiger partial charge is 0.463 e. The van der Waals surface area contributed by atoms with Crippen molar-refractivity contribution in [2.45, 2.75) is 135 Å². The van der Waals surface area contributed by atoms with Crippen LogP contribution in [-0.2, 0) is 28.5 Å². The second kappa shape index (κ2) is 16.1. The van der Waals surface area contributed by atoms with Gasteiger partial charge in [-0.1, -0.05) is 13.8 Å². The Hall–Kier alpha value is -1.35. The molecule has 0 aliphatic carbocycles. The number of halogens is 3. The van der Waals surface area contributed by atoms with E-state index < -0.39 is 53.6 Å². The molecule has 0 aromatic heterocycles. The quantitative estimate of drug-likeness (QED) is 0.298. The highest BCUT2D eigenvalue weighted by molar-refractivity contribution is 6.04. The van der Waals surface area contributed by atoms with E-state index in [4.69, 9.17) is 18.9 Å². The first-order chi connectivity index (χ1) is 21.7. The number of hydrogen-bond donors (Lipinski definition) is 1. The topological polar surface area (TPSA) is 101 Å². The summed E-state index contributed by atoms with van der Waals surface area (Å²) in [7, 11) is 7.27. The summed E-state index contributed by atoms with van der Waals surface area (Å²) < 4.78 is 65.2. The Morgan fingerprint density at radius 1 is 1.13 bits per heavy atom. The standard InChI is InChI=1S/C34H60F3N3O7/c1-21-18-33(6,44-10)29(47-30-27(41)25(38(7)8)17-22(2)46-30)23(3)28(42)32(4,5)31(43)45-20-24(39(9)19-21)13-11-15-40-16-12-14-26(40)34(35,36)37/h21-27,29-30,41H,11-20H2,1-10H3/t21-,22-,23+,24+,25+,26?,27-,29-,30+,33-/m1/s1. The van der Waals surface area contributed by atoms with E-state index in [-0.39, 0.29) is 42.9 Å². The minimum Gasteiger partial charge on any atom is -0.463 e. The van der Waals surface area contributed by atoms with Gasteiger partial charge in [0, 0.05) is 31.7 Å². The van der Waals surface area contributed by atoms with Crippen LogP contribution in [0, 0.1) is 17.3 Å². The molecule has 1 N–H and O–H groups in total. The summed E-state index contributed by atoms with van der Waals surface area (Å²) in [4.78, 5) is 33.2. The smallest absolute Gasteiger partial charge is 0.404 e. The molecular formula is C34H60F3N3O7. The summed E-state index contributed by atoms with van der Waals surface area (Å²) >= 11 is 0. The molecule has 0 amide bonds. The number of methoxy groups -OCH3 is 1. The minimum absolute atomic E-state index is 0.0171. The molecule has 0 aromatic rings. The van der Waals surface area contributed by atoms with Gasteiger partial charge in [-0.3, -0.25) is 19.4 Å². The zero-order chi connectivity index (χ0) is 35.5. The number of ether oxygens (including phenoxy) is 4. The molecule has 3 heterocycles. The van der Waals surface area contributed by atoms with Gasteiger partial charge in [0.05, 0.1) is 17.8 Å². The summed E-state index contributed by atoms with van der Waals surface area (Å²) in [6.07, 6.45) is -4.58. The van der Waals surface area contributed by atoms with Gasteiger partial charge in [0.2, 0.25) is 0 Å². The van der Waals surface area contributed by atoms with Crippen molar-refractivity contribution in [1.82, 2.24) is 14.7 Å². The Balaban J connectivity index is 1.87. The Kier molecular flexibility index (Phi) is 13.7. The van der Waals surface area contributed by atoms with Crippen LogP contribution in [0.15, 0.2) is 0 Å². The molecule has 0 saturated carbocycles. The zero-order valence-corrected chi connectivity index (χ0v) is 30.1. The van der Waals surface area contributed by atoms with Crippen LogP contribution in [-0.4, -0.2) is 141 Å². The van der Waals surface area contributed by atoms with Gasteiger partial charge in [0.15, 0.2) is 12.1 Å². The molecule has 274 valence electrons. The average molecular weight is 680 g/mol. The van der Waals surface area contributed by atoms with Gasteiger partial charge in [0.25, 0.3) is 0 Å². The second-order valence-electron chi connectivity index (χ2n) is 15.3. The van der Waals surface area contributed by atoms with Crippen molar-refractivity contribution in [3.63, 3.8) is 0 Å². The molecule has 3 fully saturated rings. The minimum atomic E-state index is -4.25. The summed E-state index contributed by atoms with van der Waals surface area (Å²) in [5.74, 6) is -1.88. The third-order valence-electron chi connectivity index (χ3n) is 10.7.